The summed E-state index contributed by atoms with van der Waals surface area (Å²) in [5.41, 5.74) is 5.70. The standard InChI is InChI=1S/C24H24N2O/c1-17-6-3-9-20(12-17)24(21-10-4-7-18(2)13-21)14-22(24)23(27)26-16-19-8-5-11-25-15-19/h3-13,15,22H,14,16H2,1-2H3,(H,26,27). The van der Waals surface area contributed by atoms with Crippen molar-refractivity contribution in [3.05, 3.63) is 101 Å². The van der Waals surface area contributed by atoms with Crippen LogP contribution in [0.1, 0.15) is 34.2 Å². The molecule has 27 heavy (non-hydrogen) atoms. The molecule has 0 bridgehead atoms. The molecule has 136 valence electrons. The summed E-state index contributed by atoms with van der Waals surface area (Å²) in [5.74, 6) is 0.0691. The van der Waals surface area contributed by atoms with E-state index in [-0.39, 0.29) is 17.2 Å². The molecule has 1 fully saturated rings. The van der Waals surface area contributed by atoms with E-state index in [1.54, 1.807) is 12.4 Å². The van der Waals surface area contributed by atoms with Crippen LogP contribution in [0, 0.1) is 19.8 Å². The van der Waals surface area contributed by atoms with Gasteiger partial charge in [-0.3, -0.25) is 9.78 Å². The Hall–Kier alpha value is -2.94. The number of benzene rings is 2. The van der Waals surface area contributed by atoms with Crippen LogP contribution in [0.15, 0.2) is 73.1 Å². The molecule has 0 spiro atoms. The summed E-state index contributed by atoms with van der Waals surface area (Å²) in [7, 11) is 0. The lowest BCUT2D eigenvalue weighted by Gasteiger charge is -2.20. The Morgan fingerprint density at radius 3 is 2.26 bits per heavy atom. The maximum atomic E-state index is 13.0. The fraction of sp³-hybridized carbons (Fsp3) is 0.250. The first-order valence-electron chi connectivity index (χ1n) is 9.40. The number of pyridine rings is 1. The molecular formula is C24H24N2O. The number of nitrogens with one attached hydrogen (secondary N) is 1. The Balaban J connectivity index is 1.62. The lowest BCUT2D eigenvalue weighted by molar-refractivity contribution is -0.122. The van der Waals surface area contributed by atoms with E-state index in [2.05, 4.69) is 72.7 Å². The van der Waals surface area contributed by atoms with Crippen LogP contribution < -0.4 is 5.32 Å². The number of hydrogen-bond donors (Lipinski definition) is 1. The number of nitrogens with zero attached hydrogens (tertiary/aromatic N) is 1. The van der Waals surface area contributed by atoms with E-state index in [4.69, 9.17) is 0 Å². The quantitative estimate of drug-likeness (QED) is 0.740. The van der Waals surface area contributed by atoms with Gasteiger partial charge in [0.15, 0.2) is 0 Å². The Morgan fingerprint density at radius 1 is 1.04 bits per heavy atom. The van der Waals surface area contributed by atoms with Crippen LogP contribution in [0.2, 0.25) is 0 Å². The van der Waals surface area contributed by atoms with Crippen molar-refractivity contribution in [2.45, 2.75) is 32.2 Å². The molecule has 4 rings (SSSR count). The molecule has 2 aromatic carbocycles. The van der Waals surface area contributed by atoms with Crippen LogP contribution in [-0.4, -0.2) is 10.9 Å². The van der Waals surface area contributed by atoms with E-state index >= 15 is 0 Å². The second-order valence-corrected chi connectivity index (χ2v) is 7.55. The van der Waals surface area contributed by atoms with Gasteiger partial charge >= 0.3 is 0 Å². The van der Waals surface area contributed by atoms with Gasteiger partial charge in [-0.2, -0.15) is 0 Å². The first-order chi connectivity index (χ1) is 13.1. The number of carbonyl (C=O) groups excluding carboxylic acids is 1. The SMILES string of the molecule is Cc1cccc(C2(c3cccc(C)c3)CC2C(=O)NCc2cccnc2)c1. The van der Waals surface area contributed by atoms with Crippen molar-refractivity contribution in [2.75, 3.05) is 0 Å². The van der Waals surface area contributed by atoms with E-state index < -0.39 is 0 Å². The zero-order valence-electron chi connectivity index (χ0n) is 15.8. The maximum Gasteiger partial charge on any atom is 0.224 e. The number of rotatable bonds is 5. The van der Waals surface area contributed by atoms with Crippen LogP contribution in [0.5, 0.6) is 0 Å². The molecule has 1 atom stereocenters. The molecule has 1 saturated carbocycles. The van der Waals surface area contributed by atoms with Crippen LogP contribution in [0.3, 0.4) is 0 Å². The number of aromatic nitrogens is 1. The van der Waals surface area contributed by atoms with Crippen LogP contribution in [0.25, 0.3) is 0 Å². The van der Waals surface area contributed by atoms with Crippen molar-refractivity contribution < 1.29 is 4.79 Å². The summed E-state index contributed by atoms with van der Waals surface area (Å²) >= 11 is 0. The van der Waals surface area contributed by atoms with Gasteiger partial charge in [0.05, 0.1) is 5.92 Å². The molecule has 3 nitrogen and oxygen atoms in total. The predicted octanol–water partition coefficient (Wildman–Crippen LogP) is 4.32. The molecule has 1 amide bonds. The molecule has 1 unspecified atom stereocenters. The number of hydrogen-bond acceptors (Lipinski definition) is 2. The van der Waals surface area contributed by atoms with Gasteiger partial charge in [-0.05, 0) is 43.0 Å². The molecule has 1 N–H and O–H groups in total. The molecule has 3 heteroatoms. The number of carbonyl (C=O) groups is 1. The number of aryl methyl sites for hydroxylation is 2. The van der Waals surface area contributed by atoms with Crippen LogP contribution >= 0.6 is 0 Å². The van der Waals surface area contributed by atoms with Crippen molar-refractivity contribution in [1.82, 2.24) is 10.3 Å². The zero-order chi connectivity index (χ0) is 18.9. The monoisotopic (exact) mass is 356 g/mol. The van der Waals surface area contributed by atoms with Gasteiger partial charge in [0.25, 0.3) is 0 Å². The molecule has 1 heterocycles. The molecule has 0 radical (unpaired) electrons. The fourth-order valence-corrected chi connectivity index (χ4v) is 4.04. The highest BCUT2D eigenvalue weighted by molar-refractivity contribution is 5.86. The van der Waals surface area contributed by atoms with Gasteiger partial charge in [0.1, 0.15) is 0 Å². The Kier molecular flexibility index (Phi) is 4.53. The third-order valence-electron chi connectivity index (χ3n) is 5.53. The average Bonchev–Trinajstić information content (AvgIpc) is 3.44. The maximum absolute atomic E-state index is 13.0. The lowest BCUT2D eigenvalue weighted by atomic mass is 9.84. The van der Waals surface area contributed by atoms with Crippen LogP contribution in [-0.2, 0) is 16.8 Å². The Labute approximate surface area is 160 Å². The Morgan fingerprint density at radius 2 is 1.70 bits per heavy atom. The minimum absolute atomic E-state index is 0.0437. The zero-order valence-corrected chi connectivity index (χ0v) is 15.8. The third kappa shape index (κ3) is 3.37. The highest BCUT2D eigenvalue weighted by atomic mass is 16.2. The summed E-state index contributed by atoms with van der Waals surface area (Å²) in [6.07, 6.45) is 4.38. The molecule has 3 aromatic rings. The van der Waals surface area contributed by atoms with Gasteiger partial charge in [-0.1, -0.05) is 65.7 Å². The van der Waals surface area contributed by atoms with Crippen molar-refractivity contribution >= 4 is 5.91 Å². The van der Waals surface area contributed by atoms with Crippen molar-refractivity contribution in [2.24, 2.45) is 5.92 Å². The topological polar surface area (TPSA) is 42.0 Å². The first kappa shape index (κ1) is 17.5. The predicted molar refractivity (Wildman–Crippen MR) is 107 cm³/mol. The normalized spacial score (nSPS) is 17.3. The van der Waals surface area contributed by atoms with Gasteiger partial charge in [-0.15, -0.1) is 0 Å². The minimum Gasteiger partial charge on any atom is -0.352 e. The molecule has 0 saturated heterocycles. The largest absolute Gasteiger partial charge is 0.352 e. The highest BCUT2D eigenvalue weighted by Gasteiger charge is 2.60. The van der Waals surface area contributed by atoms with Crippen molar-refractivity contribution in [1.29, 1.82) is 0 Å². The smallest absolute Gasteiger partial charge is 0.224 e. The van der Waals surface area contributed by atoms with E-state index in [0.29, 0.717) is 6.54 Å². The van der Waals surface area contributed by atoms with E-state index in [9.17, 15) is 4.79 Å². The van der Waals surface area contributed by atoms with E-state index in [1.165, 1.54) is 22.3 Å². The van der Waals surface area contributed by atoms with Crippen molar-refractivity contribution in [3.8, 4) is 0 Å². The van der Waals surface area contributed by atoms with Crippen molar-refractivity contribution in [3.63, 3.8) is 0 Å². The molecule has 1 aliphatic carbocycles. The minimum atomic E-state index is -0.225. The van der Waals surface area contributed by atoms with E-state index in [0.717, 1.165) is 12.0 Å². The Bertz CT molecular complexity index is 919. The first-order valence-corrected chi connectivity index (χ1v) is 9.40. The molecule has 1 aromatic heterocycles. The average molecular weight is 356 g/mol. The number of amides is 1. The summed E-state index contributed by atoms with van der Waals surface area (Å²) in [6, 6.07) is 21.0. The summed E-state index contributed by atoms with van der Waals surface area (Å²) < 4.78 is 0. The molecule has 1 aliphatic rings. The highest BCUT2D eigenvalue weighted by Crippen LogP contribution is 2.59. The second-order valence-electron chi connectivity index (χ2n) is 7.55. The third-order valence-corrected chi connectivity index (χ3v) is 5.53. The summed E-state index contributed by atoms with van der Waals surface area (Å²) in [6.45, 7) is 4.72. The molecular weight excluding hydrogens is 332 g/mol. The molecule has 0 aliphatic heterocycles. The summed E-state index contributed by atoms with van der Waals surface area (Å²) in [4.78, 5) is 17.1. The second kappa shape index (κ2) is 6.99. The summed E-state index contributed by atoms with van der Waals surface area (Å²) in [5, 5.41) is 3.11. The van der Waals surface area contributed by atoms with E-state index in [1.807, 2.05) is 12.1 Å². The van der Waals surface area contributed by atoms with Crippen LogP contribution in [0.4, 0.5) is 0 Å². The van der Waals surface area contributed by atoms with Gasteiger partial charge in [-0.25, -0.2) is 0 Å². The van der Waals surface area contributed by atoms with Gasteiger partial charge in [0, 0.05) is 24.4 Å². The fourth-order valence-electron chi connectivity index (χ4n) is 4.04. The van der Waals surface area contributed by atoms with Gasteiger partial charge < -0.3 is 5.32 Å². The lowest BCUT2D eigenvalue weighted by Crippen LogP contribution is -2.28. The van der Waals surface area contributed by atoms with Gasteiger partial charge in [0.2, 0.25) is 5.91 Å².